The largest absolute Gasteiger partial charge is 0.307 e. The zero-order valence-corrected chi connectivity index (χ0v) is 9.11. The average Bonchev–Trinajstić information content (AvgIpc) is 2.33. The molecule has 0 saturated heterocycles. The van der Waals surface area contributed by atoms with Gasteiger partial charge in [-0.05, 0) is 0 Å². The van der Waals surface area contributed by atoms with Crippen LogP contribution in [0.2, 0.25) is 0 Å². The molecule has 0 heterocycles. The fraction of sp³-hybridized carbons (Fsp3) is 0. The summed E-state index contributed by atoms with van der Waals surface area (Å²) in [6, 6.07) is 0. The van der Waals surface area contributed by atoms with Crippen molar-refractivity contribution in [1.29, 1.82) is 0 Å². The molecule has 78 valence electrons. The molecule has 6 nitrogen and oxygen atoms in total. The van der Waals surface area contributed by atoms with Crippen molar-refractivity contribution in [2.24, 2.45) is 0 Å². The van der Waals surface area contributed by atoms with Crippen molar-refractivity contribution >= 4 is 40.7 Å². The number of carbonyl (C=O) groups excluding carboxylic acids is 6. The molecule has 0 atom stereocenters. The van der Waals surface area contributed by atoms with Crippen molar-refractivity contribution < 1.29 is 49.8 Å². The second kappa shape index (κ2) is 605. The van der Waals surface area contributed by atoms with E-state index in [2.05, 4.69) is 0 Å². The summed E-state index contributed by atoms with van der Waals surface area (Å²) in [6.45, 7) is 12.0. The van der Waals surface area contributed by atoms with E-state index in [0.717, 1.165) is 0 Å². The van der Waals surface area contributed by atoms with Crippen LogP contribution in [0.5, 0.6) is 0 Å². The van der Waals surface area contributed by atoms with Crippen molar-refractivity contribution in [2.75, 3.05) is 0 Å². The van der Waals surface area contributed by atoms with E-state index < -0.39 is 0 Å². The van der Waals surface area contributed by atoms with Crippen LogP contribution in [-0.2, 0) is 49.8 Å². The van der Waals surface area contributed by atoms with Crippen molar-refractivity contribution in [1.82, 2.24) is 0 Å². The van der Waals surface area contributed by atoms with Crippen LogP contribution in [-0.4, -0.2) is 40.7 Å². The Morgan fingerprint density at radius 3 is 0.308 bits per heavy atom. The summed E-state index contributed by atoms with van der Waals surface area (Å²) in [5.74, 6) is 0. The van der Waals surface area contributed by atoms with Crippen LogP contribution in [0.15, 0.2) is 0 Å². The molecule has 0 amide bonds. The predicted octanol–water partition coefficient (Wildman–Crippen LogP) is -1.11. The SMILES string of the molecule is C=O.C=O.C=O.C=O.C=O.C=O.[Mo]. The van der Waals surface area contributed by atoms with Crippen molar-refractivity contribution in [3.63, 3.8) is 0 Å². The Kier molecular flexibility index (Phi) is 2820. The van der Waals surface area contributed by atoms with E-state index in [4.69, 9.17) is 28.8 Å². The maximum atomic E-state index is 8.00. The Labute approximate surface area is 91.0 Å². The minimum atomic E-state index is 0. The van der Waals surface area contributed by atoms with Gasteiger partial charge in [-0.15, -0.1) is 0 Å². The fourth-order valence-corrected chi connectivity index (χ4v) is 0. The third-order valence-electron chi connectivity index (χ3n) is 0. The Morgan fingerprint density at radius 1 is 0.308 bits per heavy atom. The molecule has 0 saturated carbocycles. The monoisotopic (exact) mass is 278 g/mol. The van der Waals surface area contributed by atoms with Gasteiger partial charge in [-0.1, -0.05) is 0 Å². The molecule has 0 aliphatic carbocycles. The van der Waals surface area contributed by atoms with Crippen molar-refractivity contribution in [3.8, 4) is 0 Å². The zero-order valence-electron chi connectivity index (χ0n) is 7.10. The van der Waals surface area contributed by atoms with Crippen LogP contribution in [0.3, 0.4) is 0 Å². The molecule has 13 heavy (non-hydrogen) atoms. The Morgan fingerprint density at radius 2 is 0.308 bits per heavy atom. The number of carbonyl (C=O) groups is 6. The molecule has 0 radical (unpaired) electrons. The zero-order chi connectivity index (χ0) is 12.0. The molecule has 0 aromatic carbocycles. The minimum absolute atomic E-state index is 0. The summed E-state index contributed by atoms with van der Waals surface area (Å²) >= 11 is 0. The van der Waals surface area contributed by atoms with Crippen LogP contribution in [0, 0.1) is 0 Å². The van der Waals surface area contributed by atoms with Gasteiger partial charge in [0, 0.05) is 21.1 Å². The van der Waals surface area contributed by atoms with Crippen LogP contribution >= 0.6 is 0 Å². The van der Waals surface area contributed by atoms with E-state index in [-0.39, 0.29) is 21.1 Å². The van der Waals surface area contributed by atoms with Gasteiger partial charge in [-0.25, -0.2) is 0 Å². The molecule has 0 aliphatic heterocycles. The van der Waals surface area contributed by atoms with Gasteiger partial charge < -0.3 is 28.8 Å². The number of rotatable bonds is 0. The molecule has 0 fully saturated rings. The normalized spacial score (nSPS) is 1.85. The Balaban J connectivity index is -0.00000000655. The minimum Gasteiger partial charge on any atom is -0.307 e. The van der Waals surface area contributed by atoms with Gasteiger partial charge in [-0.3, -0.25) is 0 Å². The quantitative estimate of drug-likeness (QED) is 0.520. The van der Waals surface area contributed by atoms with Crippen molar-refractivity contribution in [2.45, 2.75) is 0 Å². The standard InChI is InChI=1S/6CH2O.Mo/c6*1-2;/h6*1H2;. The molecule has 0 unspecified atom stereocenters. The summed E-state index contributed by atoms with van der Waals surface area (Å²) in [4.78, 5) is 48.0. The maximum Gasteiger partial charge on any atom is 0.106 e. The molecular formula is C6H12MoO6. The average molecular weight is 276 g/mol. The first-order valence-corrected chi connectivity index (χ1v) is 1.73. The first-order valence-electron chi connectivity index (χ1n) is 1.73. The first-order chi connectivity index (χ1) is 6.00. The first kappa shape index (κ1) is 60.6. The summed E-state index contributed by atoms with van der Waals surface area (Å²) in [5, 5.41) is 0. The van der Waals surface area contributed by atoms with Gasteiger partial charge in [0.05, 0.1) is 0 Å². The van der Waals surface area contributed by atoms with E-state index in [1.54, 1.807) is 0 Å². The second-order valence-corrected chi connectivity index (χ2v) is 0. The van der Waals surface area contributed by atoms with E-state index in [1.165, 1.54) is 0 Å². The Hall–Kier alpha value is -1.29. The molecular weight excluding hydrogens is 264 g/mol. The molecule has 0 aliphatic rings. The molecule has 0 aromatic rings. The topological polar surface area (TPSA) is 102 Å². The number of hydrogen-bond donors (Lipinski definition) is 0. The Bertz CT molecular complexity index is 32.6. The van der Waals surface area contributed by atoms with Crippen LogP contribution in [0.4, 0.5) is 0 Å². The van der Waals surface area contributed by atoms with Gasteiger partial charge in [0.2, 0.25) is 0 Å². The van der Waals surface area contributed by atoms with Gasteiger partial charge in [0.1, 0.15) is 40.7 Å². The van der Waals surface area contributed by atoms with Crippen LogP contribution < -0.4 is 0 Å². The summed E-state index contributed by atoms with van der Waals surface area (Å²) in [6.07, 6.45) is 0. The van der Waals surface area contributed by atoms with Crippen LogP contribution in [0.25, 0.3) is 0 Å². The molecule has 0 bridgehead atoms. The number of hydrogen-bond acceptors (Lipinski definition) is 6. The molecule has 0 N–H and O–H groups in total. The molecule has 0 spiro atoms. The smallest absolute Gasteiger partial charge is 0.106 e. The third-order valence-corrected chi connectivity index (χ3v) is 0. The van der Waals surface area contributed by atoms with Gasteiger partial charge in [0.25, 0.3) is 0 Å². The fourth-order valence-electron chi connectivity index (χ4n) is 0. The summed E-state index contributed by atoms with van der Waals surface area (Å²) in [5.41, 5.74) is 0. The van der Waals surface area contributed by atoms with E-state index >= 15 is 0 Å². The van der Waals surface area contributed by atoms with E-state index in [0.29, 0.717) is 0 Å². The third kappa shape index (κ3) is 487. The summed E-state index contributed by atoms with van der Waals surface area (Å²) < 4.78 is 0. The van der Waals surface area contributed by atoms with Gasteiger partial charge >= 0.3 is 0 Å². The summed E-state index contributed by atoms with van der Waals surface area (Å²) in [7, 11) is 0. The molecule has 0 rings (SSSR count). The van der Waals surface area contributed by atoms with Gasteiger partial charge in [-0.2, -0.15) is 0 Å². The molecule has 0 aromatic heterocycles. The van der Waals surface area contributed by atoms with Crippen molar-refractivity contribution in [3.05, 3.63) is 0 Å². The predicted molar refractivity (Wildman–Crippen MR) is 42.7 cm³/mol. The molecule has 7 heteroatoms. The second-order valence-electron chi connectivity index (χ2n) is 0. The maximum absolute atomic E-state index is 8.00. The van der Waals surface area contributed by atoms with Gasteiger partial charge in [0.15, 0.2) is 0 Å². The van der Waals surface area contributed by atoms with E-state index in [9.17, 15) is 0 Å². The van der Waals surface area contributed by atoms with E-state index in [1.807, 2.05) is 40.7 Å². The van der Waals surface area contributed by atoms with Crippen LogP contribution in [0.1, 0.15) is 0 Å².